The van der Waals surface area contributed by atoms with Gasteiger partial charge in [0, 0.05) is 6.54 Å². The van der Waals surface area contributed by atoms with E-state index in [4.69, 9.17) is 10.5 Å². The summed E-state index contributed by atoms with van der Waals surface area (Å²) in [6.45, 7) is 3.60. The van der Waals surface area contributed by atoms with Crippen LogP contribution in [0.2, 0.25) is 0 Å². The first-order valence-corrected chi connectivity index (χ1v) is 5.30. The summed E-state index contributed by atoms with van der Waals surface area (Å²) in [4.78, 5) is 12.6. The van der Waals surface area contributed by atoms with Crippen LogP contribution in [0, 0.1) is 0 Å². The fourth-order valence-corrected chi connectivity index (χ4v) is 1.49. The lowest BCUT2D eigenvalue weighted by molar-refractivity contribution is -0.118. The highest BCUT2D eigenvalue weighted by atomic mass is 16.5. The fourth-order valence-electron chi connectivity index (χ4n) is 1.49. The zero-order chi connectivity index (χ0) is 12.0. The van der Waals surface area contributed by atoms with Crippen molar-refractivity contribution in [2.75, 3.05) is 20.2 Å². The molecule has 0 fully saturated rings. The number of carbonyl (C=O) groups is 1. The summed E-state index contributed by atoms with van der Waals surface area (Å²) in [6.07, 6.45) is 0. The van der Waals surface area contributed by atoms with Crippen molar-refractivity contribution in [2.24, 2.45) is 5.73 Å². The zero-order valence-electron chi connectivity index (χ0n) is 9.77. The third-order valence-corrected chi connectivity index (χ3v) is 2.11. The Bertz CT molecular complexity index is 335. The van der Waals surface area contributed by atoms with E-state index in [1.54, 1.807) is 0 Å². The molecule has 4 heteroatoms. The molecule has 1 amide bonds. The average molecular weight is 222 g/mol. The highest BCUT2D eigenvalue weighted by Crippen LogP contribution is 2.12. The van der Waals surface area contributed by atoms with Crippen LogP contribution in [0.5, 0.6) is 5.75 Å². The Balaban J connectivity index is 2.51. The molecule has 1 aromatic carbocycles. The van der Waals surface area contributed by atoms with Crippen LogP contribution in [-0.2, 0) is 11.3 Å². The molecular formula is C12H18N2O2. The number of hydrogen-bond acceptors (Lipinski definition) is 3. The summed E-state index contributed by atoms with van der Waals surface area (Å²) in [5, 5.41) is 0. The number of amides is 1. The van der Waals surface area contributed by atoms with Gasteiger partial charge in [-0.1, -0.05) is 12.1 Å². The summed E-state index contributed by atoms with van der Waals surface area (Å²) in [5.74, 6) is 0.553. The molecule has 16 heavy (non-hydrogen) atoms. The predicted molar refractivity (Wildman–Crippen MR) is 63.1 cm³/mol. The van der Waals surface area contributed by atoms with Gasteiger partial charge in [0.25, 0.3) is 0 Å². The van der Waals surface area contributed by atoms with Gasteiger partial charge in [0.1, 0.15) is 5.75 Å². The Labute approximate surface area is 96.0 Å². The maximum atomic E-state index is 10.7. The normalized spacial score (nSPS) is 10.4. The van der Waals surface area contributed by atoms with Crippen molar-refractivity contribution in [3.05, 3.63) is 29.8 Å². The first-order chi connectivity index (χ1) is 7.61. The third-order valence-electron chi connectivity index (χ3n) is 2.11. The van der Waals surface area contributed by atoms with Crippen molar-refractivity contribution in [2.45, 2.75) is 13.5 Å². The predicted octanol–water partition coefficient (Wildman–Crippen LogP) is 1.00. The van der Waals surface area contributed by atoms with Gasteiger partial charge in [-0.05, 0) is 31.7 Å². The molecule has 0 aliphatic heterocycles. The molecule has 0 unspecified atom stereocenters. The van der Waals surface area contributed by atoms with Crippen LogP contribution < -0.4 is 10.5 Å². The standard InChI is InChI=1S/C12H18N2O2/c1-3-16-11-6-4-10(5-7-11)8-14(2)9-12(13)15/h4-7H,3,8-9H2,1-2H3,(H2,13,15). The van der Waals surface area contributed by atoms with E-state index in [9.17, 15) is 4.79 Å². The minimum absolute atomic E-state index is 0.271. The summed E-state index contributed by atoms with van der Waals surface area (Å²) >= 11 is 0. The van der Waals surface area contributed by atoms with Crippen molar-refractivity contribution in [3.63, 3.8) is 0 Å². The number of nitrogens with two attached hydrogens (primary N) is 1. The van der Waals surface area contributed by atoms with Crippen molar-refractivity contribution in [1.29, 1.82) is 0 Å². The maximum absolute atomic E-state index is 10.7. The van der Waals surface area contributed by atoms with Crippen LogP contribution in [0.15, 0.2) is 24.3 Å². The zero-order valence-corrected chi connectivity index (χ0v) is 9.77. The van der Waals surface area contributed by atoms with Gasteiger partial charge in [-0.15, -0.1) is 0 Å². The third kappa shape index (κ3) is 4.31. The molecule has 0 bridgehead atoms. The van der Waals surface area contributed by atoms with Crippen molar-refractivity contribution >= 4 is 5.91 Å². The summed E-state index contributed by atoms with van der Waals surface area (Å²) in [6, 6.07) is 7.83. The second-order valence-electron chi connectivity index (χ2n) is 3.72. The number of ether oxygens (including phenoxy) is 1. The van der Waals surface area contributed by atoms with Gasteiger partial charge in [-0.2, -0.15) is 0 Å². The van der Waals surface area contributed by atoms with E-state index < -0.39 is 0 Å². The molecule has 2 N–H and O–H groups in total. The van der Waals surface area contributed by atoms with Gasteiger partial charge >= 0.3 is 0 Å². The largest absolute Gasteiger partial charge is 0.494 e. The van der Waals surface area contributed by atoms with Gasteiger partial charge in [0.15, 0.2) is 0 Å². The minimum Gasteiger partial charge on any atom is -0.494 e. The molecule has 0 heterocycles. The summed E-state index contributed by atoms with van der Waals surface area (Å²) in [7, 11) is 1.86. The average Bonchev–Trinajstić information content (AvgIpc) is 2.20. The van der Waals surface area contributed by atoms with E-state index in [1.165, 1.54) is 0 Å². The Morgan fingerprint density at radius 2 is 2.00 bits per heavy atom. The van der Waals surface area contributed by atoms with Crippen LogP contribution in [0.4, 0.5) is 0 Å². The van der Waals surface area contributed by atoms with Crippen LogP contribution in [0.1, 0.15) is 12.5 Å². The van der Waals surface area contributed by atoms with Crippen LogP contribution in [0.3, 0.4) is 0 Å². The first kappa shape index (κ1) is 12.5. The minimum atomic E-state index is -0.312. The van der Waals surface area contributed by atoms with Gasteiger partial charge in [0.05, 0.1) is 13.2 Å². The smallest absolute Gasteiger partial charge is 0.231 e. The van der Waals surface area contributed by atoms with Crippen LogP contribution >= 0.6 is 0 Å². The van der Waals surface area contributed by atoms with E-state index in [0.717, 1.165) is 11.3 Å². The molecular weight excluding hydrogens is 204 g/mol. The van der Waals surface area contributed by atoms with Gasteiger partial charge < -0.3 is 10.5 Å². The molecule has 0 radical (unpaired) electrons. The van der Waals surface area contributed by atoms with Crippen molar-refractivity contribution < 1.29 is 9.53 Å². The molecule has 88 valence electrons. The van der Waals surface area contributed by atoms with E-state index in [0.29, 0.717) is 13.2 Å². The number of benzene rings is 1. The van der Waals surface area contributed by atoms with Crippen molar-refractivity contribution in [3.8, 4) is 5.75 Å². The van der Waals surface area contributed by atoms with Crippen LogP contribution in [-0.4, -0.2) is 31.0 Å². The summed E-state index contributed by atoms with van der Waals surface area (Å²) < 4.78 is 5.34. The topological polar surface area (TPSA) is 55.6 Å². The highest BCUT2D eigenvalue weighted by molar-refractivity contribution is 5.75. The first-order valence-electron chi connectivity index (χ1n) is 5.30. The lowest BCUT2D eigenvalue weighted by Gasteiger charge is -2.14. The molecule has 0 aliphatic carbocycles. The second kappa shape index (κ2) is 6.12. The van der Waals surface area contributed by atoms with Gasteiger partial charge in [-0.3, -0.25) is 9.69 Å². The lowest BCUT2D eigenvalue weighted by atomic mass is 10.2. The molecule has 0 aromatic heterocycles. The number of nitrogens with zero attached hydrogens (tertiary/aromatic N) is 1. The maximum Gasteiger partial charge on any atom is 0.231 e. The molecule has 0 aliphatic rings. The van der Waals surface area contributed by atoms with E-state index in [2.05, 4.69) is 0 Å². The second-order valence-corrected chi connectivity index (χ2v) is 3.72. The molecule has 0 spiro atoms. The number of likely N-dealkylation sites (N-methyl/N-ethyl adjacent to an activating group) is 1. The molecule has 0 atom stereocenters. The monoisotopic (exact) mass is 222 g/mol. The molecule has 4 nitrogen and oxygen atoms in total. The quantitative estimate of drug-likeness (QED) is 0.781. The SMILES string of the molecule is CCOc1ccc(CN(C)CC(N)=O)cc1. The number of primary amides is 1. The van der Waals surface area contributed by atoms with E-state index in [-0.39, 0.29) is 12.5 Å². The Morgan fingerprint density at radius 3 is 2.50 bits per heavy atom. The number of rotatable bonds is 6. The lowest BCUT2D eigenvalue weighted by Crippen LogP contribution is -2.30. The molecule has 1 aromatic rings. The highest BCUT2D eigenvalue weighted by Gasteiger charge is 2.03. The van der Waals surface area contributed by atoms with Gasteiger partial charge in [0.2, 0.25) is 5.91 Å². The molecule has 0 saturated carbocycles. The van der Waals surface area contributed by atoms with Gasteiger partial charge in [-0.25, -0.2) is 0 Å². The van der Waals surface area contributed by atoms with E-state index >= 15 is 0 Å². The van der Waals surface area contributed by atoms with Crippen molar-refractivity contribution in [1.82, 2.24) is 4.90 Å². The Kier molecular flexibility index (Phi) is 4.79. The molecule has 1 rings (SSSR count). The Morgan fingerprint density at radius 1 is 1.38 bits per heavy atom. The number of hydrogen-bond donors (Lipinski definition) is 1. The summed E-state index contributed by atoms with van der Waals surface area (Å²) in [5.41, 5.74) is 6.24. The van der Waals surface area contributed by atoms with Crippen LogP contribution in [0.25, 0.3) is 0 Å². The fraction of sp³-hybridized carbons (Fsp3) is 0.417. The molecule has 0 saturated heterocycles. The Hall–Kier alpha value is -1.55. The van der Waals surface area contributed by atoms with E-state index in [1.807, 2.05) is 43.1 Å². The number of carbonyl (C=O) groups excluding carboxylic acids is 1.